The first-order chi connectivity index (χ1) is 7.22. The largest absolute Gasteiger partial charge is 0.387 e. The molecule has 1 aliphatic rings. The minimum absolute atomic E-state index is 0.480. The highest BCUT2D eigenvalue weighted by Gasteiger charge is 2.43. The van der Waals surface area contributed by atoms with Crippen LogP contribution in [0.1, 0.15) is 0 Å². The topological polar surface area (TPSA) is 137 Å². The lowest BCUT2D eigenvalue weighted by atomic mass is 10.00. The molecule has 0 amide bonds. The molecule has 1 fully saturated rings. The fourth-order valence-electron chi connectivity index (χ4n) is 1.28. The van der Waals surface area contributed by atoms with Gasteiger partial charge in [0.25, 0.3) is 0 Å². The van der Waals surface area contributed by atoms with Crippen molar-refractivity contribution in [3.63, 3.8) is 0 Å². The molecular formula is C7H15O8P. The molecule has 16 heavy (non-hydrogen) atoms. The summed E-state index contributed by atoms with van der Waals surface area (Å²) in [6.07, 6.45) is -7.61. The number of aliphatic hydroxyl groups is 4. The first-order valence-electron chi connectivity index (χ1n) is 4.55. The Morgan fingerprint density at radius 3 is 2.25 bits per heavy atom. The van der Waals surface area contributed by atoms with Crippen LogP contribution in [0, 0.1) is 0 Å². The normalized spacial score (nSPS) is 44.0. The maximum atomic E-state index is 10.8. The molecule has 6 atom stereocenters. The van der Waals surface area contributed by atoms with Crippen molar-refractivity contribution in [3.8, 4) is 0 Å². The number of rotatable bonds is 3. The van der Waals surface area contributed by atoms with Gasteiger partial charge in [0.2, 0.25) is 0 Å². The van der Waals surface area contributed by atoms with Crippen LogP contribution in [0.25, 0.3) is 0 Å². The smallest absolute Gasteiger partial charge is 0.325 e. The van der Waals surface area contributed by atoms with Crippen molar-refractivity contribution in [3.05, 3.63) is 0 Å². The standard InChI is InChI=1S/C7H15O8P/c1-16(12,13)14-2-3-4(8)5(9)6(10)7(11)15-3/h3-11H,2H2,1H3,(H,12,13)/t3?,4-,5+,6?,7+/m1/s1. The predicted octanol–water partition coefficient (Wildman–Crippen LogP) is -2.38. The summed E-state index contributed by atoms with van der Waals surface area (Å²) in [5.41, 5.74) is 0. The van der Waals surface area contributed by atoms with Gasteiger partial charge in [0.15, 0.2) is 6.29 Å². The number of ether oxygens (including phenoxy) is 1. The molecule has 0 saturated carbocycles. The summed E-state index contributed by atoms with van der Waals surface area (Å²) in [6.45, 7) is 0.468. The quantitative estimate of drug-likeness (QED) is 0.354. The van der Waals surface area contributed by atoms with Crippen LogP contribution >= 0.6 is 7.60 Å². The molecule has 96 valence electrons. The first-order valence-corrected chi connectivity index (χ1v) is 6.57. The van der Waals surface area contributed by atoms with Gasteiger partial charge in [0.05, 0.1) is 6.61 Å². The van der Waals surface area contributed by atoms with E-state index in [1.54, 1.807) is 0 Å². The Labute approximate surface area is 91.6 Å². The molecule has 1 saturated heterocycles. The van der Waals surface area contributed by atoms with Gasteiger partial charge < -0.3 is 34.6 Å². The molecule has 0 aliphatic carbocycles. The van der Waals surface area contributed by atoms with Gasteiger partial charge in [-0.05, 0) is 0 Å². The number of aliphatic hydroxyl groups excluding tert-OH is 4. The zero-order chi connectivity index (χ0) is 12.5. The Balaban J connectivity index is 2.57. The Morgan fingerprint density at radius 2 is 1.75 bits per heavy atom. The zero-order valence-electron chi connectivity index (χ0n) is 8.50. The summed E-state index contributed by atoms with van der Waals surface area (Å²) in [6, 6.07) is 0. The van der Waals surface area contributed by atoms with Crippen LogP contribution in [-0.4, -0.2) is 69.3 Å². The van der Waals surface area contributed by atoms with Crippen LogP contribution in [0.4, 0.5) is 0 Å². The van der Waals surface area contributed by atoms with E-state index in [1.807, 2.05) is 0 Å². The minimum atomic E-state index is -3.73. The molecule has 8 nitrogen and oxygen atoms in total. The van der Waals surface area contributed by atoms with Crippen molar-refractivity contribution in [2.24, 2.45) is 0 Å². The maximum Gasteiger partial charge on any atom is 0.325 e. The van der Waals surface area contributed by atoms with E-state index in [0.29, 0.717) is 0 Å². The fourth-order valence-corrected chi connectivity index (χ4v) is 1.70. The molecule has 3 unspecified atom stereocenters. The summed E-state index contributed by atoms with van der Waals surface area (Å²) in [7, 11) is -3.73. The predicted molar refractivity (Wildman–Crippen MR) is 50.6 cm³/mol. The van der Waals surface area contributed by atoms with Gasteiger partial charge in [-0.2, -0.15) is 0 Å². The van der Waals surface area contributed by atoms with Crippen LogP contribution in [-0.2, 0) is 13.8 Å². The molecule has 0 spiro atoms. The second-order valence-corrected chi connectivity index (χ2v) is 5.50. The van der Waals surface area contributed by atoms with Crippen LogP contribution in [0.5, 0.6) is 0 Å². The van der Waals surface area contributed by atoms with E-state index in [2.05, 4.69) is 4.52 Å². The van der Waals surface area contributed by atoms with Gasteiger partial charge in [-0.15, -0.1) is 0 Å². The molecular weight excluding hydrogens is 243 g/mol. The van der Waals surface area contributed by atoms with E-state index in [0.717, 1.165) is 6.66 Å². The van der Waals surface area contributed by atoms with Gasteiger partial charge in [0.1, 0.15) is 24.4 Å². The molecule has 0 bridgehead atoms. The summed E-state index contributed by atoms with van der Waals surface area (Å²) in [4.78, 5) is 8.84. The van der Waals surface area contributed by atoms with Crippen LogP contribution in [0.3, 0.4) is 0 Å². The number of hydrogen-bond donors (Lipinski definition) is 5. The van der Waals surface area contributed by atoms with Crippen molar-refractivity contribution >= 4 is 7.60 Å². The SMILES string of the molecule is CP(=O)(O)OCC1O[C@H](O)C(O)[C@@H](O)[C@@H]1O. The average Bonchev–Trinajstić information content (AvgIpc) is 2.17. The van der Waals surface area contributed by atoms with E-state index in [4.69, 9.17) is 19.8 Å². The summed E-state index contributed by atoms with van der Waals surface area (Å²) in [5, 5.41) is 37.0. The summed E-state index contributed by atoms with van der Waals surface area (Å²) >= 11 is 0. The second kappa shape index (κ2) is 5.07. The highest BCUT2D eigenvalue weighted by atomic mass is 31.2. The van der Waals surface area contributed by atoms with Crippen LogP contribution in [0.15, 0.2) is 0 Å². The molecule has 5 N–H and O–H groups in total. The third kappa shape index (κ3) is 3.47. The lowest BCUT2D eigenvalue weighted by molar-refractivity contribution is -0.285. The second-order valence-electron chi connectivity index (χ2n) is 3.64. The Bertz CT molecular complexity index is 278. The van der Waals surface area contributed by atoms with Crippen LogP contribution < -0.4 is 0 Å². The molecule has 9 heteroatoms. The molecule has 1 heterocycles. The molecule has 1 aliphatic heterocycles. The van der Waals surface area contributed by atoms with Gasteiger partial charge in [-0.3, -0.25) is 4.57 Å². The molecule has 0 aromatic carbocycles. The lowest BCUT2D eigenvalue weighted by Crippen LogP contribution is -2.58. The minimum Gasteiger partial charge on any atom is -0.387 e. The molecule has 0 aromatic heterocycles. The third-order valence-electron chi connectivity index (χ3n) is 2.17. The van der Waals surface area contributed by atoms with Gasteiger partial charge in [-0.1, -0.05) is 0 Å². The van der Waals surface area contributed by atoms with Gasteiger partial charge in [0, 0.05) is 6.66 Å². The number of hydrogen-bond acceptors (Lipinski definition) is 7. The summed E-state index contributed by atoms with van der Waals surface area (Å²) < 4.78 is 20.0. The average molecular weight is 258 g/mol. The maximum absolute atomic E-state index is 10.8. The molecule has 0 radical (unpaired) electrons. The third-order valence-corrected chi connectivity index (χ3v) is 2.79. The lowest BCUT2D eigenvalue weighted by Gasteiger charge is -2.38. The van der Waals surface area contributed by atoms with Gasteiger partial charge >= 0.3 is 7.60 Å². The van der Waals surface area contributed by atoms with Crippen molar-refractivity contribution < 1.29 is 39.1 Å². The first kappa shape index (κ1) is 14.0. The van der Waals surface area contributed by atoms with E-state index >= 15 is 0 Å². The monoisotopic (exact) mass is 258 g/mol. The van der Waals surface area contributed by atoms with Crippen LogP contribution in [0.2, 0.25) is 0 Å². The Kier molecular flexibility index (Phi) is 4.44. The Morgan fingerprint density at radius 1 is 1.19 bits per heavy atom. The van der Waals surface area contributed by atoms with E-state index < -0.39 is 44.9 Å². The van der Waals surface area contributed by atoms with E-state index in [-0.39, 0.29) is 0 Å². The van der Waals surface area contributed by atoms with Crippen molar-refractivity contribution in [1.29, 1.82) is 0 Å². The highest BCUT2D eigenvalue weighted by molar-refractivity contribution is 7.51. The van der Waals surface area contributed by atoms with E-state index in [1.165, 1.54) is 0 Å². The highest BCUT2D eigenvalue weighted by Crippen LogP contribution is 2.37. The van der Waals surface area contributed by atoms with Crippen molar-refractivity contribution in [1.82, 2.24) is 0 Å². The molecule has 0 aromatic rings. The summed E-state index contributed by atoms with van der Waals surface area (Å²) in [5.74, 6) is 0. The molecule has 1 rings (SSSR count). The van der Waals surface area contributed by atoms with Crippen molar-refractivity contribution in [2.75, 3.05) is 13.3 Å². The Hall–Kier alpha value is -0.0500. The van der Waals surface area contributed by atoms with Gasteiger partial charge in [-0.25, -0.2) is 0 Å². The fraction of sp³-hybridized carbons (Fsp3) is 1.00. The van der Waals surface area contributed by atoms with E-state index in [9.17, 15) is 14.8 Å². The zero-order valence-corrected chi connectivity index (χ0v) is 9.40. The van der Waals surface area contributed by atoms with Crippen molar-refractivity contribution in [2.45, 2.75) is 30.7 Å².